The van der Waals surface area contributed by atoms with Crippen molar-refractivity contribution in [1.29, 1.82) is 0 Å². The van der Waals surface area contributed by atoms with Crippen LogP contribution in [0.15, 0.2) is 0 Å². The van der Waals surface area contributed by atoms with Gasteiger partial charge in [-0.2, -0.15) is 11.8 Å². The summed E-state index contributed by atoms with van der Waals surface area (Å²) in [7, 11) is 0. The quantitative estimate of drug-likeness (QED) is 0.566. The molecule has 0 aromatic carbocycles. The average molecular weight is 234 g/mol. The molecule has 0 spiro atoms. The van der Waals surface area contributed by atoms with Gasteiger partial charge in [-0.3, -0.25) is 4.79 Å². The molecule has 0 saturated carbocycles. The lowest BCUT2D eigenvalue weighted by molar-refractivity contribution is -0.119. The smallest absolute Gasteiger partial charge is 0.235 e. The molecule has 4 N–H and O–H groups in total. The Morgan fingerprint density at radius 2 is 2.13 bits per heavy atom. The topological polar surface area (TPSA) is 75.3 Å². The highest BCUT2D eigenvalue weighted by atomic mass is 32.2. The Hall–Kier alpha value is -0.260. The van der Waals surface area contributed by atoms with Crippen molar-refractivity contribution >= 4 is 17.7 Å². The Labute approximate surface area is 96.0 Å². The number of aliphatic hydroxyl groups is 1. The molecule has 0 radical (unpaired) electrons. The molecule has 0 saturated heterocycles. The van der Waals surface area contributed by atoms with Gasteiger partial charge < -0.3 is 16.2 Å². The molecule has 0 bridgehead atoms. The molecule has 0 aliphatic rings. The minimum Gasteiger partial charge on any atom is -0.392 e. The molecular formula is C10H22N2O2S. The zero-order valence-corrected chi connectivity index (χ0v) is 10.5. The van der Waals surface area contributed by atoms with Gasteiger partial charge in [-0.1, -0.05) is 13.8 Å². The second kappa shape index (κ2) is 7.96. The van der Waals surface area contributed by atoms with Crippen molar-refractivity contribution in [2.75, 3.05) is 12.3 Å². The maximum Gasteiger partial charge on any atom is 0.235 e. The molecule has 90 valence electrons. The van der Waals surface area contributed by atoms with Crippen molar-refractivity contribution in [3.8, 4) is 0 Å². The first-order valence-electron chi connectivity index (χ1n) is 5.31. The zero-order valence-electron chi connectivity index (χ0n) is 9.69. The molecule has 0 aromatic rings. The van der Waals surface area contributed by atoms with Crippen LogP contribution in [0.1, 0.15) is 27.2 Å². The third-order valence-corrected chi connectivity index (χ3v) is 3.63. The van der Waals surface area contributed by atoms with E-state index >= 15 is 0 Å². The number of hydrogen-bond acceptors (Lipinski definition) is 4. The molecule has 0 aromatic heterocycles. The Morgan fingerprint density at radius 3 is 2.53 bits per heavy atom. The fourth-order valence-corrected chi connectivity index (χ4v) is 2.00. The highest BCUT2D eigenvalue weighted by Gasteiger charge is 2.17. The lowest BCUT2D eigenvalue weighted by atomic mass is 10.3. The second-order valence-corrected chi connectivity index (χ2v) is 5.10. The van der Waals surface area contributed by atoms with E-state index < -0.39 is 0 Å². The number of thioether (sulfide) groups is 1. The van der Waals surface area contributed by atoms with Gasteiger partial charge in [-0.15, -0.1) is 0 Å². The molecule has 15 heavy (non-hydrogen) atoms. The molecule has 0 aliphatic heterocycles. The van der Waals surface area contributed by atoms with Crippen LogP contribution in [-0.2, 0) is 4.79 Å². The zero-order chi connectivity index (χ0) is 11.8. The van der Waals surface area contributed by atoms with Crippen LogP contribution in [0.5, 0.6) is 0 Å². The highest BCUT2D eigenvalue weighted by Crippen LogP contribution is 2.15. The van der Waals surface area contributed by atoms with Gasteiger partial charge in [0.1, 0.15) is 0 Å². The summed E-state index contributed by atoms with van der Waals surface area (Å²) in [4.78, 5) is 11.1. The van der Waals surface area contributed by atoms with Crippen molar-refractivity contribution in [3.05, 3.63) is 0 Å². The first-order valence-corrected chi connectivity index (χ1v) is 6.36. The number of aliphatic hydroxyl groups excluding tert-OH is 1. The van der Waals surface area contributed by atoms with Crippen molar-refractivity contribution in [1.82, 2.24) is 5.32 Å². The molecule has 0 fully saturated rings. The van der Waals surface area contributed by atoms with E-state index in [9.17, 15) is 9.90 Å². The van der Waals surface area contributed by atoms with Crippen LogP contribution in [0, 0.1) is 0 Å². The van der Waals surface area contributed by atoms with E-state index in [4.69, 9.17) is 5.73 Å². The molecular weight excluding hydrogens is 212 g/mol. The molecule has 1 amide bonds. The summed E-state index contributed by atoms with van der Waals surface area (Å²) in [5, 5.41) is 12.5. The molecule has 4 nitrogen and oxygen atoms in total. The molecule has 5 heteroatoms. The number of nitrogens with two attached hydrogens (primary N) is 1. The van der Waals surface area contributed by atoms with Gasteiger partial charge in [-0.25, -0.2) is 0 Å². The van der Waals surface area contributed by atoms with Gasteiger partial charge in [0.2, 0.25) is 5.91 Å². The van der Waals surface area contributed by atoms with Crippen LogP contribution < -0.4 is 11.1 Å². The van der Waals surface area contributed by atoms with Crippen molar-refractivity contribution in [3.63, 3.8) is 0 Å². The first-order chi connectivity index (χ1) is 6.99. The van der Waals surface area contributed by atoms with Gasteiger partial charge in [0, 0.05) is 11.0 Å². The standard InChI is InChI=1S/C10H22N2O2S/c1-4-5-12-9(10(11)14)6-15-8(3)7(2)13/h7-9,12-13H,4-6H2,1-3H3,(H2,11,14). The number of amides is 1. The van der Waals surface area contributed by atoms with E-state index in [0.29, 0.717) is 5.75 Å². The van der Waals surface area contributed by atoms with Crippen molar-refractivity contribution in [2.45, 2.75) is 44.6 Å². The maximum absolute atomic E-state index is 11.1. The lowest BCUT2D eigenvalue weighted by Crippen LogP contribution is -2.44. The minimum atomic E-state index is -0.366. The third-order valence-electron chi connectivity index (χ3n) is 2.19. The maximum atomic E-state index is 11.1. The number of carbonyl (C=O) groups is 1. The summed E-state index contributed by atoms with van der Waals surface area (Å²) in [6.45, 7) is 6.51. The van der Waals surface area contributed by atoms with Crippen LogP contribution in [0.2, 0.25) is 0 Å². The van der Waals surface area contributed by atoms with E-state index in [2.05, 4.69) is 5.32 Å². The SMILES string of the molecule is CCCNC(CSC(C)C(C)O)C(N)=O. The van der Waals surface area contributed by atoms with E-state index in [1.807, 2.05) is 13.8 Å². The Balaban J connectivity index is 3.90. The van der Waals surface area contributed by atoms with Gasteiger partial charge in [0.25, 0.3) is 0 Å². The molecule has 0 aliphatic carbocycles. The Kier molecular flexibility index (Phi) is 7.82. The van der Waals surface area contributed by atoms with Crippen LogP contribution in [-0.4, -0.2) is 40.7 Å². The number of nitrogens with one attached hydrogen (secondary N) is 1. The summed E-state index contributed by atoms with van der Waals surface area (Å²) in [5.74, 6) is 0.287. The highest BCUT2D eigenvalue weighted by molar-refractivity contribution is 8.00. The summed E-state index contributed by atoms with van der Waals surface area (Å²) in [6, 6.07) is -0.295. The third kappa shape index (κ3) is 6.76. The van der Waals surface area contributed by atoms with Crippen LogP contribution in [0.4, 0.5) is 0 Å². The monoisotopic (exact) mass is 234 g/mol. The Bertz CT molecular complexity index is 188. The van der Waals surface area contributed by atoms with Crippen LogP contribution in [0.3, 0.4) is 0 Å². The number of primary amides is 1. The number of carbonyl (C=O) groups excluding carboxylic acids is 1. The number of hydrogen-bond donors (Lipinski definition) is 3. The van der Waals surface area contributed by atoms with Gasteiger partial charge in [0.05, 0.1) is 12.1 Å². The van der Waals surface area contributed by atoms with Crippen LogP contribution >= 0.6 is 11.8 Å². The fourth-order valence-electron chi connectivity index (χ4n) is 0.947. The summed E-state index contributed by atoms with van der Waals surface area (Å²) in [5.41, 5.74) is 5.26. The summed E-state index contributed by atoms with van der Waals surface area (Å²) >= 11 is 1.56. The average Bonchev–Trinajstić information content (AvgIpc) is 2.16. The predicted octanol–water partition coefficient (Wildman–Crippen LogP) is 0.342. The predicted molar refractivity (Wildman–Crippen MR) is 64.9 cm³/mol. The van der Waals surface area contributed by atoms with E-state index in [-0.39, 0.29) is 23.3 Å². The van der Waals surface area contributed by atoms with E-state index in [1.54, 1.807) is 18.7 Å². The Morgan fingerprint density at radius 1 is 1.53 bits per heavy atom. The van der Waals surface area contributed by atoms with Crippen LogP contribution in [0.25, 0.3) is 0 Å². The lowest BCUT2D eigenvalue weighted by Gasteiger charge is -2.19. The molecule has 0 rings (SSSR count). The van der Waals surface area contributed by atoms with E-state index in [1.165, 1.54) is 0 Å². The second-order valence-electron chi connectivity index (χ2n) is 3.69. The molecule has 3 atom stereocenters. The van der Waals surface area contributed by atoms with Gasteiger partial charge >= 0.3 is 0 Å². The first kappa shape index (κ1) is 14.7. The van der Waals surface area contributed by atoms with E-state index in [0.717, 1.165) is 13.0 Å². The summed E-state index contributed by atoms with van der Waals surface area (Å²) in [6.07, 6.45) is 0.607. The van der Waals surface area contributed by atoms with Crippen molar-refractivity contribution in [2.24, 2.45) is 5.73 Å². The summed E-state index contributed by atoms with van der Waals surface area (Å²) < 4.78 is 0. The molecule has 0 heterocycles. The normalized spacial score (nSPS) is 17.1. The van der Waals surface area contributed by atoms with Gasteiger partial charge in [0.15, 0.2) is 0 Å². The fraction of sp³-hybridized carbons (Fsp3) is 0.900. The molecule has 3 unspecified atom stereocenters. The largest absolute Gasteiger partial charge is 0.392 e. The van der Waals surface area contributed by atoms with Crippen molar-refractivity contribution < 1.29 is 9.90 Å². The minimum absolute atomic E-state index is 0.121. The number of rotatable bonds is 8. The van der Waals surface area contributed by atoms with Gasteiger partial charge in [-0.05, 0) is 19.9 Å².